The molecule has 438 valence electrons. The number of alkyl halides is 3. The van der Waals surface area contributed by atoms with Gasteiger partial charge in [0.05, 0.1) is 52.7 Å². The molecule has 3 amide bonds. The number of benzene rings is 1. The van der Waals surface area contributed by atoms with Crippen LogP contribution in [0.25, 0.3) is 33.4 Å². The third-order valence-electron chi connectivity index (χ3n) is 19.0. The number of nitrogens with zero attached hydrogens (tertiary/aromatic N) is 9. The van der Waals surface area contributed by atoms with E-state index in [2.05, 4.69) is 42.3 Å². The fraction of sp³-hybridized carbons (Fsp3) is 0.667. The van der Waals surface area contributed by atoms with Gasteiger partial charge < -0.3 is 29.2 Å². The van der Waals surface area contributed by atoms with Gasteiger partial charge in [-0.1, -0.05) is 33.8 Å². The summed E-state index contributed by atoms with van der Waals surface area (Å²) in [5.74, 6) is -0.455. The number of methoxy groups -OCH3 is 1. The molecular weight excluding hydrogens is 1060 g/mol. The molecule has 2 aliphatic carbocycles. The van der Waals surface area contributed by atoms with Crippen LogP contribution in [0.1, 0.15) is 108 Å². The number of ether oxygens (including phenoxy) is 2. The lowest BCUT2D eigenvalue weighted by atomic mass is 9.84. The maximum atomic E-state index is 15.2. The van der Waals surface area contributed by atoms with Crippen molar-refractivity contribution in [2.45, 2.75) is 154 Å². The van der Waals surface area contributed by atoms with Gasteiger partial charge in [0.2, 0.25) is 11.8 Å². The van der Waals surface area contributed by atoms with Gasteiger partial charge in [0, 0.05) is 116 Å². The number of fused-ring (bicyclic) bond motifs is 6. The van der Waals surface area contributed by atoms with E-state index in [1.165, 1.54) is 46.6 Å². The Labute approximate surface area is 477 Å². The largest absolute Gasteiger partial charge is 0.464 e. The number of likely N-dealkylation sites (N-methyl/N-ethyl adjacent to an activating group) is 1. The number of hydrazine groups is 1. The highest BCUT2D eigenvalue weighted by atomic mass is 32.1. The highest BCUT2D eigenvalue weighted by Crippen LogP contribution is 2.49. The third kappa shape index (κ3) is 11.5. The Bertz CT molecular complexity index is 3060. The number of hydrogen-bond donors (Lipinski definition) is 2. The Morgan fingerprint density at radius 2 is 1.74 bits per heavy atom. The van der Waals surface area contributed by atoms with Crippen molar-refractivity contribution < 1.29 is 41.8 Å². The molecule has 7 fully saturated rings. The minimum atomic E-state index is -4.60. The van der Waals surface area contributed by atoms with E-state index in [1.54, 1.807) is 19.2 Å². The molecule has 6 bridgehead atoms. The summed E-state index contributed by atoms with van der Waals surface area (Å²) in [5.41, 5.74) is 6.81. The predicted molar refractivity (Wildman–Crippen MR) is 303 cm³/mol. The van der Waals surface area contributed by atoms with Crippen LogP contribution in [-0.4, -0.2) is 185 Å². The Kier molecular flexibility index (Phi) is 15.1. The Morgan fingerprint density at radius 3 is 2.46 bits per heavy atom. The molecule has 12 rings (SSSR count). The van der Waals surface area contributed by atoms with Gasteiger partial charge in [-0.3, -0.25) is 43.9 Å². The number of pyridine rings is 1. The molecule has 17 nitrogen and oxygen atoms in total. The Balaban J connectivity index is 0.876. The van der Waals surface area contributed by atoms with Crippen molar-refractivity contribution in [3.8, 4) is 22.5 Å². The molecule has 6 aliphatic heterocycles. The highest BCUT2D eigenvalue weighted by molar-refractivity contribution is 7.10. The maximum Gasteiger partial charge on any atom is 0.406 e. The van der Waals surface area contributed by atoms with Gasteiger partial charge >= 0.3 is 12.1 Å². The summed E-state index contributed by atoms with van der Waals surface area (Å²) in [5, 5.41) is 7.71. The molecule has 4 aromatic rings. The van der Waals surface area contributed by atoms with Crippen molar-refractivity contribution in [2.24, 2.45) is 22.7 Å². The van der Waals surface area contributed by atoms with E-state index >= 15 is 13.2 Å². The number of halogens is 3. The molecule has 8 atom stereocenters. The lowest BCUT2D eigenvalue weighted by Gasteiger charge is -2.37. The van der Waals surface area contributed by atoms with E-state index in [1.807, 2.05) is 58.3 Å². The van der Waals surface area contributed by atoms with Crippen LogP contribution in [0.3, 0.4) is 0 Å². The van der Waals surface area contributed by atoms with Crippen molar-refractivity contribution in [1.29, 1.82) is 0 Å². The molecule has 1 spiro atoms. The van der Waals surface area contributed by atoms with Gasteiger partial charge in [-0.2, -0.15) is 13.2 Å². The van der Waals surface area contributed by atoms with Crippen LogP contribution in [0.4, 0.5) is 18.9 Å². The second-order valence-corrected chi connectivity index (χ2v) is 27.0. The minimum absolute atomic E-state index is 0.0191. The number of likely N-dealkylation sites (tertiary alicyclic amines) is 2. The number of thiazole rings is 1. The van der Waals surface area contributed by atoms with Gasteiger partial charge in [-0.15, -0.1) is 11.3 Å². The van der Waals surface area contributed by atoms with Gasteiger partial charge in [-0.05, 0) is 114 Å². The summed E-state index contributed by atoms with van der Waals surface area (Å²) in [7, 11) is 3.63. The zero-order chi connectivity index (χ0) is 56.9. The average Bonchev–Trinajstić information content (AvgIpc) is 4.60. The zero-order valence-electron chi connectivity index (χ0n) is 48.0. The number of aromatic nitrogens is 3. The quantitative estimate of drug-likeness (QED) is 0.110. The lowest BCUT2D eigenvalue weighted by molar-refractivity contribution is -0.155. The highest BCUT2D eigenvalue weighted by Gasteiger charge is 2.59. The van der Waals surface area contributed by atoms with Gasteiger partial charge in [0.25, 0.3) is 5.91 Å². The SMILES string of the molecule is CO[C@@H](C)c1ncc(N2CCN(C3CC3)CC2)cc1-c1c2c3cc(ccc3n1CC(F)(F)F)-c1csc(n1)C[C@H](NC(=O)[C@H](C(C)C)N1CC[C@]3(CCN(C(=O)[C@H]4[C@@H](C5CC5)N4C)C3)C1)C(=O)N1CCC[C@H](N1)C(=O)OCC(C)(C)C2. The van der Waals surface area contributed by atoms with Crippen molar-refractivity contribution in [2.75, 3.05) is 84.6 Å². The molecule has 21 heteroatoms. The molecule has 1 aromatic carbocycles. The van der Waals surface area contributed by atoms with Crippen molar-refractivity contribution in [3.63, 3.8) is 0 Å². The molecule has 8 aliphatic rings. The summed E-state index contributed by atoms with van der Waals surface area (Å²) in [6, 6.07) is 5.92. The number of hydrogen-bond acceptors (Lipinski definition) is 14. The van der Waals surface area contributed by atoms with Crippen LogP contribution in [0.5, 0.6) is 0 Å². The second kappa shape index (κ2) is 21.8. The van der Waals surface area contributed by atoms with Crippen LogP contribution in [0, 0.1) is 22.7 Å². The fourth-order valence-corrected chi connectivity index (χ4v) is 15.1. The van der Waals surface area contributed by atoms with Crippen LogP contribution < -0.4 is 15.6 Å². The number of nitrogens with one attached hydrogen (secondary N) is 2. The standard InChI is InChI=1S/C60H80F3N11O6S/c1-35(2)50(71-19-16-59(31-71)17-20-72(32-59)56(77)53-51(68(53)6)37-10-11-37)54(75)66-45-27-48-65-46(30-81-48)38-12-15-47-41(25-38)43(28-58(4,5)34-80-57(78)44-9-8-18-74(67-44)55(45)76)52(73(47)33-60(61,62)63)42-26-40(29-64-49(42)36(3)79-7)70-23-21-69(22-24-70)39-13-14-39/h12,15,25-26,29-30,35-37,39,44-45,50-51,53,67H,8-11,13-14,16-24,27-28,31-34H2,1-7H3,(H,66,75)/t36-,44-,45-,50-,51+,53+,59-,68?/m0/s1. The third-order valence-corrected chi connectivity index (χ3v) is 19.9. The van der Waals surface area contributed by atoms with Crippen LogP contribution >= 0.6 is 11.3 Å². The number of piperazine rings is 1. The van der Waals surface area contributed by atoms with E-state index in [-0.39, 0.29) is 48.6 Å². The molecule has 9 heterocycles. The Morgan fingerprint density at radius 1 is 0.975 bits per heavy atom. The van der Waals surface area contributed by atoms with E-state index < -0.39 is 54.2 Å². The van der Waals surface area contributed by atoms with E-state index in [0.717, 1.165) is 51.3 Å². The smallest absolute Gasteiger partial charge is 0.406 e. The molecule has 3 aromatic heterocycles. The summed E-state index contributed by atoms with van der Waals surface area (Å²) in [6.45, 7) is 14.8. The zero-order valence-corrected chi connectivity index (χ0v) is 48.8. The van der Waals surface area contributed by atoms with Crippen LogP contribution in [0.2, 0.25) is 0 Å². The average molecular weight is 1140 g/mol. The van der Waals surface area contributed by atoms with Crippen LogP contribution in [-0.2, 0) is 48.0 Å². The summed E-state index contributed by atoms with van der Waals surface area (Å²) in [6.07, 6.45) is 4.42. The van der Waals surface area contributed by atoms with Crippen molar-refractivity contribution >= 4 is 51.6 Å². The number of carbonyl (C=O) groups is 4. The van der Waals surface area contributed by atoms with Gasteiger partial charge in [-0.25, -0.2) is 10.4 Å². The monoisotopic (exact) mass is 1140 g/mol. The first-order chi connectivity index (χ1) is 38.7. The van der Waals surface area contributed by atoms with Crippen molar-refractivity contribution in [1.82, 2.24) is 49.9 Å². The molecular formula is C60H80F3N11O6S. The summed E-state index contributed by atoms with van der Waals surface area (Å²) in [4.78, 5) is 79.2. The molecule has 5 saturated heterocycles. The number of anilines is 1. The molecule has 0 radical (unpaired) electrons. The molecule has 2 saturated carbocycles. The summed E-state index contributed by atoms with van der Waals surface area (Å²) >= 11 is 1.35. The van der Waals surface area contributed by atoms with E-state index in [4.69, 9.17) is 19.4 Å². The number of cyclic esters (lactones) is 1. The van der Waals surface area contributed by atoms with E-state index in [9.17, 15) is 19.2 Å². The predicted octanol–water partition coefficient (Wildman–Crippen LogP) is 7.07. The van der Waals surface area contributed by atoms with Gasteiger partial charge in [0.1, 0.15) is 24.7 Å². The number of amides is 3. The molecule has 1 unspecified atom stereocenters. The first-order valence-corrected chi connectivity index (χ1v) is 30.5. The summed E-state index contributed by atoms with van der Waals surface area (Å²) < 4.78 is 58.9. The maximum absolute atomic E-state index is 15.2. The van der Waals surface area contributed by atoms with Crippen LogP contribution in [0.15, 0.2) is 35.8 Å². The first kappa shape index (κ1) is 56.3. The first-order valence-electron chi connectivity index (χ1n) is 29.6. The number of esters is 1. The minimum Gasteiger partial charge on any atom is -0.464 e. The fourth-order valence-electron chi connectivity index (χ4n) is 14.3. The van der Waals surface area contributed by atoms with Crippen molar-refractivity contribution in [3.05, 3.63) is 52.1 Å². The Hall–Kier alpha value is -5.19. The topological polar surface area (TPSA) is 161 Å². The normalized spacial score (nSPS) is 28.4. The molecule has 2 N–H and O–H groups in total. The van der Waals surface area contributed by atoms with Gasteiger partial charge in [0.15, 0.2) is 0 Å². The lowest BCUT2D eigenvalue weighted by Crippen LogP contribution is -2.62. The van der Waals surface area contributed by atoms with E-state index in [0.29, 0.717) is 107 Å². The molecule has 81 heavy (non-hydrogen) atoms. The number of carbonyl (C=O) groups excluding carboxylic acids is 4. The number of rotatable bonds is 12. The second-order valence-electron chi connectivity index (χ2n) is 26.0.